The second-order valence-corrected chi connectivity index (χ2v) is 3.94. The highest BCUT2D eigenvalue weighted by Crippen LogP contribution is 2.27. The Labute approximate surface area is 84.5 Å². The summed E-state index contributed by atoms with van der Waals surface area (Å²) in [6, 6.07) is 6.90. The van der Waals surface area contributed by atoms with Gasteiger partial charge in [-0.15, -0.1) is 0 Å². The zero-order valence-electron chi connectivity index (χ0n) is 8.25. The van der Waals surface area contributed by atoms with Gasteiger partial charge >= 0.3 is 0 Å². The fraction of sp³-hybridized carbons (Fsp3) is 0.417. The monoisotopic (exact) mass is 192 g/mol. The fourth-order valence-corrected chi connectivity index (χ4v) is 2.00. The molecular formula is C12H15FN-. The van der Waals surface area contributed by atoms with Gasteiger partial charge in [0.15, 0.2) is 0 Å². The third-order valence-electron chi connectivity index (χ3n) is 2.93. The first-order valence-electron chi connectivity index (χ1n) is 5.06. The van der Waals surface area contributed by atoms with Crippen molar-refractivity contribution in [2.75, 3.05) is 13.1 Å². The molecule has 1 aliphatic rings. The van der Waals surface area contributed by atoms with Crippen molar-refractivity contribution in [3.63, 3.8) is 0 Å². The van der Waals surface area contributed by atoms with Gasteiger partial charge < -0.3 is 4.90 Å². The van der Waals surface area contributed by atoms with E-state index in [1.54, 1.807) is 12.1 Å². The summed E-state index contributed by atoms with van der Waals surface area (Å²) in [5, 5.41) is 0. The van der Waals surface area contributed by atoms with E-state index >= 15 is 0 Å². The molecule has 14 heavy (non-hydrogen) atoms. The molecule has 0 saturated carbocycles. The largest absolute Gasteiger partial charge is 0.459 e. The van der Waals surface area contributed by atoms with Gasteiger partial charge in [0.2, 0.25) is 0 Å². The van der Waals surface area contributed by atoms with E-state index < -0.39 is 0 Å². The van der Waals surface area contributed by atoms with Crippen LogP contribution in [-0.4, -0.2) is 18.0 Å². The van der Waals surface area contributed by atoms with E-state index in [1.807, 2.05) is 12.1 Å². The van der Waals surface area contributed by atoms with Crippen LogP contribution in [0.3, 0.4) is 0 Å². The number of benzene rings is 1. The third kappa shape index (κ3) is 2.13. The summed E-state index contributed by atoms with van der Waals surface area (Å²) in [5.74, 6) is 0.442. The van der Waals surface area contributed by atoms with Crippen molar-refractivity contribution in [3.05, 3.63) is 42.7 Å². The van der Waals surface area contributed by atoms with Gasteiger partial charge in [-0.3, -0.25) is 7.05 Å². The van der Waals surface area contributed by atoms with Gasteiger partial charge in [0.1, 0.15) is 5.82 Å². The third-order valence-corrected chi connectivity index (χ3v) is 2.93. The summed E-state index contributed by atoms with van der Waals surface area (Å²) in [6.07, 6.45) is 2.27. The van der Waals surface area contributed by atoms with E-state index in [9.17, 15) is 4.39 Å². The minimum atomic E-state index is -0.150. The second kappa shape index (κ2) is 4.09. The van der Waals surface area contributed by atoms with Gasteiger partial charge in [-0.2, -0.15) is 0 Å². The lowest BCUT2D eigenvalue weighted by Crippen LogP contribution is -2.27. The van der Waals surface area contributed by atoms with Crippen molar-refractivity contribution >= 4 is 0 Å². The lowest BCUT2D eigenvalue weighted by atomic mass is 9.90. The first kappa shape index (κ1) is 9.66. The molecule has 0 aliphatic carbocycles. The van der Waals surface area contributed by atoms with Crippen LogP contribution in [0, 0.1) is 12.9 Å². The molecule has 0 amide bonds. The molecule has 1 heterocycles. The molecule has 0 bridgehead atoms. The van der Waals surface area contributed by atoms with E-state index in [0.29, 0.717) is 5.92 Å². The van der Waals surface area contributed by atoms with Crippen molar-refractivity contribution in [2.45, 2.75) is 18.8 Å². The summed E-state index contributed by atoms with van der Waals surface area (Å²) in [5.41, 5.74) is 1.26. The molecule has 0 aromatic heterocycles. The minimum Gasteiger partial charge on any atom is -0.459 e. The second-order valence-electron chi connectivity index (χ2n) is 3.94. The first-order valence-corrected chi connectivity index (χ1v) is 5.06. The van der Waals surface area contributed by atoms with E-state index in [-0.39, 0.29) is 5.82 Å². The Balaban J connectivity index is 2.05. The number of halogens is 1. The molecule has 76 valence electrons. The predicted molar refractivity (Wildman–Crippen MR) is 55.3 cm³/mol. The van der Waals surface area contributed by atoms with Gasteiger partial charge in [-0.05, 0) is 49.5 Å². The van der Waals surface area contributed by atoms with E-state index in [1.165, 1.54) is 5.56 Å². The maximum atomic E-state index is 12.7. The number of rotatable bonds is 1. The Kier molecular flexibility index (Phi) is 2.82. The number of hydrogen-bond donors (Lipinski definition) is 0. The molecule has 1 fully saturated rings. The molecule has 1 aliphatic heterocycles. The van der Waals surface area contributed by atoms with Crippen LogP contribution in [0.4, 0.5) is 4.39 Å². The molecule has 1 aromatic rings. The molecule has 2 heteroatoms. The quantitative estimate of drug-likeness (QED) is 0.618. The zero-order valence-corrected chi connectivity index (χ0v) is 8.25. The molecule has 0 N–H and O–H groups in total. The number of piperidine rings is 1. The van der Waals surface area contributed by atoms with E-state index in [4.69, 9.17) is 0 Å². The van der Waals surface area contributed by atoms with Crippen molar-refractivity contribution < 1.29 is 4.39 Å². The van der Waals surface area contributed by atoms with Crippen LogP contribution >= 0.6 is 0 Å². The molecule has 0 spiro atoms. The standard InChI is InChI=1S/C12H15FN/c1-14-8-6-11(7-9-14)10-2-4-12(13)5-3-10/h2-5,11H,1,6-9H2/q-1. The highest BCUT2D eigenvalue weighted by Gasteiger charge is 2.15. The Morgan fingerprint density at radius 2 is 1.71 bits per heavy atom. The van der Waals surface area contributed by atoms with E-state index in [0.717, 1.165) is 25.9 Å². The van der Waals surface area contributed by atoms with Gasteiger partial charge in [0, 0.05) is 0 Å². The molecule has 0 radical (unpaired) electrons. The SMILES string of the molecule is [CH2-]N1CCC(c2ccc(F)cc2)CC1. The van der Waals surface area contributed by atoms with Crippen molar-refractivity contribution in [2.24, 2.45) is 0 Å². The minimum absolute atomic E-state index is 0.150. The fourth-order valence-electron chi connectivity index (χ4n) is 2.00. The van der Waals surface area contributed by atoms with Crippen LogP contribution < -0.4 is 0 Å². The Morgan fingerprint density at radius 1 is 1.14 bits per heavy atom. The Bertz CT molecular complexity index is 286. The molecule has 0 atom stereocenters. The summed E-state index contributed by atoms with van der Waals surface area (Å²) < 4.78 is 12.7. The lowest BCUT2D eigenvalue weighted by Gasteiger charge is -2.34. The average Bonchev–Trinajstić information content (AvgIpc) is 2.21. The molecule has 1 nitrogen and oxygen atoms in total. The van der Waals surface area contributed by atoms with Gasteiger partial charge in [0.05, 0.1) is 0 Å². The van der Waals surface area contributed by atoms with Crippen molar-refractivity contribution in [1.82, 2.24) is 4.90 Å². The van der Waals surface area contributed by atoms with Crippen molar-refractivity contribution in [1.29, 1.82) is 0 Å². The van der Waals surface area contributed by atoms with E-state index in [2.05, 4.69) is 11.9 Å². The summed E-state index contributed by atoms with van der Waals surface area (Å²) >= 11 is 0. The zero-order chi connectivity index (χ0) is 9.97. The van der Waals surface area contributed by atoms with Crippen LogP contribution in [0.15, 0.2) is 24.3 Å². The first-order chi connectivity index (χ1) is 6.75. The molecular weight excluding hydrogens is 177 g/mol. The average molecular weight is 192 g/mol. The maximum Gasteiger partial charge on any atom is 0.123 e. The van der Waals surface area contributed by atoms with Crippen LogP contribution in [-0.2, 0) is 0 Å². The van der Waals surface area contributed by atoms with Gasteiger partial charge in [-0.1, -0.05) is 12.1 Å². The summed E-state index contributed by atoms with van der Waals surface area (Å²) in [4.78, 5) is 2.10. The van der Waals surface area contributed by atoms with Gasteiger partial charge in [-0.25, -0.2) is 4.39 Å². The Morgan fingerprint density at radius 3 is 2.29 bits per heavy atom. The topological polar surface area (TPSA) is 3.24 Å². The van der Waals surface area contributed by atoms with Crippen LogP contribution in [0.25, 0.3) is 0 Å². The van der Waals surface area contributed by atoms with Crippen molar-refractivity contribution in [3.8, 4) is 0 Å². The number of hydrogen-bond acceptors (Lipinski definition) is 1. The smallest absolute Gasteiger partial charge is 0.123 e. The Hall–Kier alpha value is -0.890. The predicted octanol–water partition coefficient (Wildman–Crippen LogP) is 2.80. The molecule has 1 saturated heterocycles. The normalized spacial score (nSPS) is 19.9. The van der Waals surface area contributed by atoms with Crippen LogP contribution in [0.5, 0.6) is 0 Å². The highest BCUT2D eigenvalue weighted by atomic mass is 19.1. The summed E-state index contributed by atoms with van der Waals surface area (Å²) in [7, 11) is 3.91. The number of likely N-dealkylation sites (tertiary alicyclic amines) is 1. The maximum absolute atomic E-state index is 12.7. The summed E-state index contributed by atoms with van der Waals surface area (Å²) in [6.45, 7) is 2.09. The van der Waals surface area contributed by atoms with Crippen LogP contribution in [0.1, 0.15) is 24.3 Å². The van der Waals surface area contributed by atoms with Crippen LogP contribution in [0.2, 0.25) is 0 Å². The van der Waals surface area contributed by atoms with Gasteiger partial charge in [0.25, 0.3) is 0 Å². The number of nitrogens with zero attached hydrogens (tertiary/aromatic N) is 1. The molecule has 0 unspecified atom stereocenters. The lowest BCUT2D eigenvalue weighted by molar-refractivity contribution is 0.280. The molecule has 2 rings (SSSR count). The highest BCUT2D eigenvalue weighted by molar-refractivity contribution is 5.20. The molecule has 1 aromatic carbocycles.